The normalized spacial score (nSPS) is 17.2. The molecule has 2 nitrogen and oxygen atoms in total. The molecule has 3 aliphatic carbocycles. The fourth-order valence-electron chi connectivity index (χ4n) is 9.89. The zero-order chi connectivity index (χ0) is 41.2. The minimum Gasteiger partial charge on any atom is -0.435 e. The Kier molecular flexibility index (Phi) is 16.8. The Morgan fingerprint density at radius 3 is 1.69 bits per heavy atom. The van der Waals surface area contributed by atoms with Crippen molar-refractivity contribution >= 4 is 0 Å². The summed E-state index contributed by atoms with van der Waals surface area (Å²) in [6.07, 6.45) is 12.9. The van der Waals surface area contributed by atoms with Crippen LogP contribution in [-0.4, -0.2) is 13.2 Å². The number of rotatable bonds is 9. The zero-order valence-electron chi connectivity index (χ0n) is 35.7. The number of hydrogen-bond acceptors (Lipinski definition) is 2. The Labute approximate surface area is 331 Å². The van der Waals surface area contributed by atoms with E-state index in [1.165, 1.54) is 28.7 Å². The van der Waals surface area contributed by atoms with Crippen molar-refractivity contribution < 1.29 is 27.0 Å². The highest BCUT2D eigenvalue weighted by atomic mass is 19.3. The van der Waals surface area contributed by atoms with Crippen molar-refractivity contribution in [2.45, 2.75) is 158 Å². The Bertz CT molecular complexity index is 1680. The Hall–Kier alpha value is -3.46. The van der Waals surface area contributed by atoms with Crippen LogP contribution in [0.2, 0.25) is 0 Å². The molecule has 0 radical (unpaired) electrons. The number of fused-ring (bicyclic) bond motifs is 3. The lowest BCUT2D eigenvalue weighted by molar-refractivity contribution is -0.0518. The van der Waals surface area contributed by atoms with Crippen LogP contribution >= 0.6 is 0 Å². The molecule has 3 aromatic carbocycles. The van der Waals surface area contributed by atoms with Crippen LogP contribution < -0.4 is 9.47 Å². The van der Waals surface area contributed by atoms with Gasteiger partial charge in [-0.3, -0.25) is 0 Å². The van der Waals surface area contributed by atoms with Crippen LogP contribution in [0.15, 0.2) is 54.6 Å². The number of ether oxygens (including phenoxy) is 2. The molecule has 6 rings (SSSR count). The minimum atomic E-state index is -2.76. The lowest BCUT2D eigenvalue weighted by Gasteiger charge is -2.39. The Balaban J connectivity index is 0.000000212. The lowest BCUT2D eigenvalue weighted by atomic mass is 9.65. The number of benzene rings is 3. The van der Waals surface area contributed by atoms with Gasteiger partial charge in [-0.05, 0) is 126 Å². The van der Waals surface area contributed by atoms with E-state index in [9.17, 15) is 17.6 Å². The Morgan fingerprint density at radius 1 is 0.655 bits per heavy atom. The topological polar surface area (TPSA) is 18.5 Å². The van der Waals surface area contributed by atoms with Gasteiger partial charge in [0.15, 0.2) is 0 Å². The lowest BCUT2D eigenvalue weighted by Crippen LogP contribution is -2.36. The number of alkyl halides is 4. The highest BCUT2D eigenvalue weighted by Gasteiger charge is 2.46. The van der Waals surface area contributed by atoms with Crippen LogP contribution in [0.1, 0.15) is 154 Å². The van der Waals surface area contributed by atoms with E-state index < -0.39 is 13.2 Å². The molecule has 0 aliphatic heterocycles. The molecule has 0 heterocycles. The smallest absolute Gasteiger partial charge is 0.387 e. The van der Waals surface area contributed by atoms with Gasteiger partial charge in [0.2, 0.25) is 0 Å². The molecule has 304 valence electrons. The van der Waals surface area contributed by atoms with Gasteiger partial charge in [0.1, 0.15) is 11.5 Å². The van der Waals surface area contributed by atoms with Crippen molar-refractivity contribution in [1.82, 2.24) is 0 Å². The predicted octanol–water partition coefficient (Wildman–Crippen LogP) is 14.3. The second-order valence-corrected chi connectivity index (χ2v) is 17.4. The third kappa shape index (κ3) is 10.3. The highest BCUT2D eigenvalue weighted by Crippen LogP contribution is 2.53. The van der Waals surface area contributed by atoms with Gasteiger partial charge >= 0.3 is 13.2 Å². The molecule has 0 N–H and O–H groups in total. The van der Waals surface area contributed by atoms with Crippen LogP contribution in [0.3, 0.4) is 0 Å². The quantitative estimate of drug-likeness (QED) is 0.160. The molecule has 0 fully saturated rings. The van der Waals surface area contributed by atoms with Crippen LogP contribution in [0.5, 0.6) is 11.5 Å². The van der Waals surface area contributed by atoms with Crippen molar-refractivity contribution in [3.63, 3.8) is 0 Å². The van der Waals surface area contributed by atoms with Crippen molar-refractivity contribution in [1.29, 1.82) is 0 Å². The van der Waals surface area contributed by atoms with Gasteiger partial charge in [-0.25, -0.2) is 0 Å². The standard InChI is InChI=1S/C17H22.C16H22F2O.C12H14F2O.C4H10/c1-6-14-8-7-9-16-15(14)10-11-17(16,12(2)3)13(4)5;1-10(2)16(11(3)4)9-8-12-6-5-7-13(14(12)16)19-15(17)18;1-2-8-6-7-10-9(8)4-3-5-11(10)15-12(13)14;1-4(2)3/h1,7-9,12-13H,10-11H2,2-5H3;5-7,10-11,15H,8-9H2,1-4H3;3-5,8,12H,2,6-7H2,1H3;4H,1-3H3. The molecule has 0 saturated carbocycles. The van der Waals surface area contributed by atoms with E-state index in [0.29, 0.717) is 46.5 Å². The molecule has 1 atom stereocenters. The first-order valence-electron chi connectivity index (χ1n) is 20.6. The molecule has 0 amide bonds. The molecule has 0 spiro atoms. The minimum absolute atomic E-state index is 0.0547. The van der Waals surface area contributed by atoms with E-state index in [2.05, 4.69) is 112 Å². The molecule has 1 unspecified atom stereocenters. The van der Waals surface area contributed by atoms with E-state index in [1.807, 2.05) is 18.2 Å². The SMILES string of the molecule is C#Cc1cccc2c1CCC2(C(C)C)C(C)C.CC(C)C.CC(C)C1(C(C)C)CCc2cccc(OC(F)F)c21.CCC1CCc2c(OC(F)F)cccc21. The van der Waals surface area contributed by atoms with Crippen molar-refractivity contribution in [3.8, 4) is 23.8 Å². The van der Waals surface area contributed by atoms with Crippen LogP contribution in [0, 0.1) is 41.9 Å². The molecule has 0 aromatic heterocycles. The van der Waals surface area contributed by atoms with E-state index in [1.54, 1.807) is 18.2 Å². The summed E-state index contributed by atoms with van der Waals surface area (Å²) in [6.45, 7) is 21.2. The summed E-state index contributed by atoms with van der Waals surface area (Å²) in [7, 11) is 0. The van der Waals surface area contributed by atoms with Crippen LogP contribution in [-0.2, 0) is 30.1 Å². The first-order valence-corrected chi connectivity index (χ1v) is 20.6. The number of terminal acetylenes is 1. The molecular formula is C49H68F4O2. The van der Waals surface area contributed by atoms with E-state index in [-0.39, 0.29) is 5.41 Å². The molecule has 3 aliphatic rings. The van der Waals surface area contributed by atoms with Gasteiger partial charge in [-0.15, -0.1) is 6.42 Å². The molecule has 55 heavy (non-hydrogen) atoms. The van der Waals surface area contributed by atoms with E-state index in [0.717, 1.165) is 61.1 Å². The van der Waals surface area contributed by atoms with Gasteiger partial charge in [0.05, 0.1) is 0 Å². The monoisotopic (exact) mass is 765 g/mol. The molecule has 6 heteroatoms. The van der Waals surface area contributed by atoms with Crippen molar-refractivity contribution in [2.24, 2.45) is 29.6 Å². The van der Waals surface area contributed by atoms with Gasteiger partial charge in [-0.2, -0.15) is 17.6 Å². The fourth-order valence-corrected chi connectivity index (χ4v) is 9.89. The first kappa shape index (κ1) is 45.9. The molecule has 0 bridgehead atoms. The summed E-state index contributed by atoms with van der Waals surface area (Å²) in [5, 5.41) is 0. The third-order valence-corrected chi connectivity index (χ3v) is 12.4. The second-order valence-electron chi connectivity index (χ2n) is 17.4. The van der Waals surface area contributed by atoms with E-state index in [4.69, 9.17) is 11.2 Å². The van der Waals surface area contributed by atoms with Gasteiger partial charge < -0.3 is 9.47 Å². The van der Waals surface area contributed by atoms with Gasteiger partial charge in [0.25, 0.3) is 0 Å². The summed E-state index contributed by atoms with van der Waals surface area (Å²) in [4.78, 5) is 0. The van der Waals surface area contributed by atoms with Gasteiger partial charge in [-0.1, -0.05) is 125 Å². The largest absolute Gasteiger partial charge is 0.435 e. The maximum atomic E-state index is 12.6. The zero-order valence-corrected chi connectivity index (χ0v) is 35.7. The molecular weight excluding hydrogens is 697 g/mol. The summed E-state index contributed by atoms with van der Waals surface area (Å²) >= 11 is 0. The summed E-state index contributed by atoms with van der Waals surface area (Å²) in [6, 6.07) is 17.5. The summed E-state index contributed by atoms with van der Waals surface area (Å²) < 4.78 is 58.8. The fraction of sp³-hybridized carbons (Fsp3) is 0.592. The predicted molar refractivity (Wildman–Crippen MR) is 222 cm³/mol. The van der Waals surface area contributed by atoms with E-state index >= 15 is 0 Å². The summed E-state index contributed by atoms with van der Waals surface area (Å²) in [5.41, 5.74) is 8.66. The van der Waals surface area contributed by atoms with Crippen LogP contribution in [0.4, 0.5) is 17.6 Å². The first-order chi connectivity index (χ1) is 25.9. The van der Waals surface area contributed by atoms with Crippen LogP contribution in [0.25, 0.3) is 0 Å². The third-order valence-electron chi connectivity index (χ3n) is 12.4. The maximum absolute atomic E-state index is 12.6. The number of aryl methyl sites for hydroxylation is 1. The molecule has 0 saturated heterocycles. The van der Waals surface area contributed by atoms with Crippen molar-refractivity contribution in [3.05, 3.63) is 93.5 Å². The second kappa shape index (κ2) is 20.1. The Morgan fingerprint density at radius 2 is 1.16 bits per heavy atom. The average Bonchev–Trinajstić information content (AvgIpc) is 3.83. The molecule has 3 aromatic rings. The van der Waals surface area contributed by atoms with Crippen molar-refractivity contribution in [2.75, 3.05) is 0 Å². The average molecular weight is 765 g/mol. The number of halogens is 4. The number of hydrogen-bond donors (Lipinski definition) is 0. The maximum Gasteiger partial charge on any atom is 0.387 e. The highest BCUT2D eigenvalue weighted by molar-refractivity contribution is 5.52. The van der Waals surface area contributed by atoms with Gasteiger partial charge in [0, 0.05) is 22.0 Å². The summed E-state index contributed by atoms with van der Waals surface area (Å²) in [5.74, 6) is 7.04.